The van der Waals surface area contributed by atoms with E-state index >= 15 is 0 Å². The number of alkyl halides is 1. The van der Waals surface area contributed by atoms with Crippen LogP contribution in [0.5, 0.6) is 0 Å². The molecule has 0 unspecified atom stereocenters. The minimum absolute atomic E-state index is 0.221. The van der Waals surface area contributed by atoms with E-state index in [-0.39, 0.29) is 16.6 Å². The molecule has 0 aromatic carbocycles. The molecule has 1 aliphatic rings. The van der Waals surface area contributed by atoms with E-state index in [1.54, 1.807) is 0 Å². The zero-order valence-electron chi connectivity index (χ0n) is 7.36. The van der Waals surface area contributed by atoms with Crippen LogP contribution in [-0.4, -0.2) is 11.2 Å². The SMILES string of the molecule is C[C@@H]1CC(=O)[C@H](Cl)CC1(C)C. The lowest BCUT2D eigenvalue weighted by Gasteiger charge is -2.37. The second-order valence-electron chi connectivity index (χ2n) is 4.23. The van der Waals surface area contributed by atoms with Gasteiger partial charge in [0.2, 0.25) is 0 Å². The number of Topliss-reactive ketones (excluding diaryl/α,β-unsaturated/α-hetero) is 1. The summed E-state index contributed by atoms with van der Waals surface area (Å²) in [5.74, 6) is 0.698. The highest BCUT2D eigenvalue weighted by atomic mass is 35.5. The van der Waals surface area contributed by atoms with Gasteiger partial charge in [-0.15, -0.1) is 11.6 Å². The van der Waals surface area contributed by atoms with Crippen LogP contribution in [0.25, 0.3) is 0 Å². The second-order valence-corrected chi connectivity index (χ2v) is 4.76. The van der Waals surface area contributed by atoms with Crippen molar-refractivity contribution in [3.63, 3.8) is 0 Å². The minimum atomic E-state index is -0.235. The van der Waals surface area contributed by atoms with Gasteiger partial charge in [-0.1, -0.05) is 20.8 Å². The van der Waals surface area contributed by atoms with E-state index in [0.29, 0.717) is 12.3 Å². The third kappa shape index (κ3) is 1.76. The lowest BCUT2D eigenvalue weighted by molar-refractivity contribution is -0.123. The predicted octanol–water partition coefficient (Wildman–Crippen LogP) is 2.62. The largest absolute Gasteiger partial charge is 0.298 e. The van der Waals surface area contributed by atoms with Crippen molar-refractivity contribution in [2.45, 2.75) is 39.0 Å². The number of carbonyl (C=O) groups excluding carboxylic acids is 1. The molecule has 1 fully saturated rings. The van der Waals surface area contributed by atoms with Gasteiger partial charge >= 0.3 is 0 Å². The van der Waals surface area contributed by atoms with E-state index in [9.17, 15) is 4.79 Å². The van der Waals surface area contributed by atoms with Gasteiger partial charge in [-0.05, 0) is 17.8 Å². The van der Waals surface area contributed by atoms with E-state index in [0.717, 1.165) is 6.42 Å². The fraction of sp³-hybridized carbons (Fsp3) is 0.889. The number of hydrogen-bond acceptors (Lipinski definition) is 1. The Morgan fingerprint density at radius 3 is 2.55 bits per heavy atom. The molecular formula is C9H15ClO. The molecule has 1 rings (SSSR count). The number of carbonyl (C=O) groups is 1. The molecule has 0 radical (unpaired) electrons. The molecule has 0 bridgehead atoms. The lowest BCUT2D eigenvalue weighted by Crippen LogP contribution is -2.36. The molecule has 2 heteroatoms. The van der Waals surface area contributed by atoms with Crippen LogP contribution in [0.4, 0.5) is 0 Å². The molecule has 0 N–H and O–H groups in total. The fourth-order valence-electron chi connectivity index (χ4n) is 1.48. The smallest absolute Gasteiger partial charge is 0.150 e. The summed E-state index contributed by atoms with van der Waals surface area (Å²) in [6.07, 6.45) is 1.48. The van der Waals surface area contributed by atoms with Crippen molar-refractivity contribution in [2.75, 3.05) is 0 Å². The average Bonchev–Trinajstić information content (AvgIpc) is 1.83. The lowest BCUT2D eigenvalue weighted by atomic mass is 9.69. The summed E-state index contributed by atoms with van der Waals surface area (Å²) in [6.45, 7) is 6.49. The summed E-state index contributed by atoms with van der Waals surface area (Å²) in [5, 5.41) is -0.235. The summed E-state index contributed by atoms with van der Waals surface area (Å²) >= 11 is 5.87. The Hall–Kier alpha value is -0.0400. The molecule has 0 aliphatic heterocycles. The molecule has 0 aromatic rings. The molecule has 2 atom stereocenters. The molecule has 0 amide bonds. The summed E-state index contributed by atoms with van der Waals surface area (Å²) in [7, 11) is 0. The normalized spacial score (nSPS) is 37.3. The predicted molar refractivity (Wildman–Crippen MR) is 46.8 cm³/mol. The molecule has 0 heterocycles. The minimum Gasteiger partial charge on any atom is -0.298 e. The van der Waals surface area contributed by atoms with Crippen molar-refractivity contribution >= 4 is 17.4 Å². The summed E-state index contributed by atoms with van der Waals surface area (Å²) in [5.41, 5.74) is 0.236. The van der Waals surface area contributed by atoms with Crippen molar-refractivity contribution in [3.05, 3.63) is 0 Å². The highest BCUT2D eigenvalue weighted by Gasteiger charge is 2.37. The summed E-state index contributed by atoms with van der Waals surface area (Å²) in [6, 6.07) is 0. The zero-order valence-corrected chi connectivity index (χ0v) is 8.11. The Morgan fingerprint density at radius 2 is 2.09 bits per heavy atom. The van der Waals surface area contributed by atoms with Crippen LogP contribution in [0.2, 0.25) is 0 Å². The van der Waals surface area contributed by atoms with Gasteiger partial charge in [0.15, 0.2) is 5.78 Å². The number of rotatable bonds is 0. The Morgan fingerprint density at radius 1 is 1.55 bits per heavy atom. The van der Waals surface area contributed by atoms with Crippen LogP contribution in [0, 0.1) is 11.3 Å². The van der Waals surface area contributed by atoms with Crippen LogP contribution in [0.3, 0.4) is 0 Å². The van der Waals surface area contributed by atoms with Crippen LogP contribution in [-0.2, 0) is 4.79 Å². The molecule has 64 valence electrons. The molecule has 1 saturated carbocycles. The number of hydrogen-bond donors (Lipinski definition) is 0. The molecule has 0 aromatic heterocycles. The molecular weight excluding hydrogens is 160 g/mol. The monoisotopic (exact) mass is 174 g/mol. The Labute approximate surface area is 73.1 Å². The number of ketones is 1. The zero-order chi connectivity index (χ0) is 8.65. The molecule has 11 heavy (non-hydrogen) atoms. The van der Waals surface area contributed by atoms with Crippen LogP contribution >= 0.6 is 11.6 Å². The van der Waals surface area contributed by atoms with Crippen molar-refractivity contribution < 1.29 is 4.79 Å². The van der Waals surface area contributed by atoms with E-state index < -0.39 is 0 Å². The number of halogens is 1. The highest BCUT2D eigenvalue weighted by molar-refractivity contribution is 6.31. The van der Waals surface area contributed by atoms with Gasteiger partial charge in [-0.3, -0.25) is 4.79 Å². The maximum absolute atomic E-state index is 11.2. The third-order valence-corrected chi connectivity index (χ3v) is 3.29. The van der Waals surface area contributed by atoms with Crippen LogP contribution in [0.15, 0.2) is 0 Å². The first-order valence-electron chi connectivity index (χ1n) is 4.10. The topological polar surface area (TPSA) is 17.1 Å². The molecule has 0 spiro atoms. The molecule has 0 saturated heterocycles. The van der Waals surface area contributed by atoms with Crippen LogP contribution in [0.1, 0.15) is 33.6 Å². The maximum Gasteiger partial charge on any atom is 0.150 e. The van der Waals surface area contributed by atoms with Gasteiger partial charge in [-0.25, -0.2) is 0 Å². The highest BCUT2D eigenvalue weighted by Crippen LogP contribution is 2.40. The maximum atomic E-state index is 11.2. The summed E-state index contributed by atoms with van der Waals surface area (Å²) in [4.78, 5) is 11.2. The Bertz CT molecular complexity index is 174. The van der Waals surface area contributed by atoms with Crippen molar-refractivity contribution in [1.29, 1.82) is 0 Å². The first kappa shape index (κ1) is 9.05. The third-order valence-electron chi connectivity index (χ3n) is 2.90. The van der Waals surface area contributed by atoms with E-state index in [2.05, 4.69) is 20.8 Å². The van der Waals surface area contributed by atoms with Gasteiger partial charge in [-0.2, -0.15) is 0 Å². The van der Waals surface area contributed by atoms with E-state index in [1.165, 1.54) is 0 Å². The van der Waals surface area contributed by atoms with Gasteiger partial charge in [0.25, 0.3) is 0 Å². The quantitative estimate of drug-likeness (QED) is 0.516. The first-order valence-corrected chi connectivity index (χ1v) is 4.54. The molecule has 1 aliphatic carbocycles. The summed E-state index contributed by atoms with van der Waals surface area (Å²) < 4.78 is 0. The van der Waals surface area contributed by atoms with E-state index in [4.69, 9.17) is 11.6 Å². The second kappa shape index (κ2) is 2.78. The van der Waals surface area contributed by atoms with Crippen molar-refractivity contribution in [1.82, 2.24) is 0 Å². The fourth-order valence-corrected chi connectivity index (χ4v) is 1.97. The van der Waals surface area contributed by atoms with Crippen molar-refractivity contribution in [3.8, 4) is 0 Å². The Kier molecular flexibility index (Phi) is 2.29. The van der Waals surface area contributed by atoms with Crippen LogP contribution < -0.4 is 0 Å². The van der Waals surface area contributed by atoms with Gasteiger partial charge < -0.3 is 0 Å². The molecule has 1 nitrogen and oxygen atoms in total. The van der Waals surface area contributed by atoms with Gasteiger partial charge in [0.1, 0.15) is 0 Å². The first-order chi connectivity index (χ1) is 4.93. The van der Waals surface area contributed by atoms with Gasteiger partial charge in [0.05, 0.1) is 5.38 Å². The van der Waals surface area contributed by atoms with Crippen molar-refractivity contribution in [2.24, 2.45) is 11.3 Å². The average molecular weight is 175 g/mol. The standard InChI is InChI=1S/C9H15ClO/c1-6-4-8(11)7(10)5-9(6,2)3/h6-7H,4-5H2,1-3H3/t6-,7-/m1/s1. The Balaban J connectivity index is 2.70. The van der Waals surface area contributed by atoms with E-state index in [1.807, 2.05) is 0 Å². The van der Waals surface area contributed by atoms with Gasteiger partial charge in [0, 0.05) is 6.42 Å².